The number of ketones is 1. The summed E-state index contributed by atoms with van der Waals surface area (Å²) in [6.07, 6.45) is 5.19. The van der Waals surface area contributed by atoms with E-state index in [4.69, 9.17) is 9.47 Å². The zero-order valence-electron chi connectivity index (χ0n) is 18.0. The van der Waals surface area contributed by atoms with Gasteiger partial charge in [0, 0.05) is 6.54 Å². The molecule has 6 nitrogen and oxygen atoms in total. The summed E-state index contributed by atoms with van der Waals surface area (Å²) in [5.74, 6) is 1.21. The first-order valence-corrected chi connectivity index (χ1v) is 10.2. The first-order chi connectivity index (χ1) is 15.1. The summed E-state index contributed by atoms with van der Waals surface area (Å²) < 4.78 is 14.9. The van der Waals surface area contributed by atoms with Gasteiger partial charge in [-0.15, -0.1) is 6.58 Å². The van der Waals surface area contributed by atoms with Crippen LogP contribution in [-0.4, -0.2) is 33.7 Å². The van der Waals surface area contributed by atoms with Crippen LogP contribution in [-0.2, 0) is 6.54 Å². The molecule has 2 aromatic carbocycles. The average molecular weight is 415 g/mol. The smallest absolute Gasteiger partial charge is 0.191 e. The topological polar surface area (TPSA) is 57.8 Å². The fourth-order valence-electron chi connectivity index (χ4n) is 3.84. The lowest BCUT2D eigenvalue weighted by molar-refractivity contribution is 0.104. The number of hydrogen-bond acceptors (Lipinski definition) is 4. The van der Waals surface area contributed by atoms with Gasteiger partial charge in [0.1, 0.15) is 5.65 Å². The zero-order chi connectivity index (χ0) is 22.0. The molecule has 0 radical (unpaired) electrons. The van der Waals surface area contributed by atoms with Crippen LogP contribution in [0, 0.1) is 6.92 Å². The highest BCUT2D eigenvalue weighted by Gasteiger charge is 2.21. The standard InChI is InChI=1S/C25H25N3O3/c1-5-15-27-19-9-7-8-10-20(19)28-25(27)24(17(3)26-28)21(29)13-11-18-12-14-22(30-4)23(16-18)31-6-2/h5,7-14,16H,1,6,15H2,2-4H3/b13-11+. The van der Waals surface area contributed by atoms with Crippen LogP contribution in [0.5, 0.6) is 11.5 Å². The Balaban J connectivity index is 1.77. The van der Waals surface area contributed by atoms with Crippen LogP contribution >= 0.6 is 0 Å². The maximum absolute atomic E-state index is 13.2. The number of aryl methyl sites for hydroxylation is 1. The van der Waals surface area contributed by atoms with Gasteiger partial charge in [-0.1, -0.05) is 30.4 Å². The molecule has 0 spiro atoms. The van der Waals surface area contributed by atoms with Crippen molar-refractivity contribution in [3.05, 3.63) is 78.0 Å². The summed E-state index contributed by atoms with van der Waals surface area (Å²) in [4.78, 5) is 13.2. The Bertz CT molecular complexity index is 1310. The van der Waals surface area contributed by atoms with E-state index in [-0.39, 0.29) is 5.78 Å². The maximum atomic E-state index is 13.2. The molecule has 0 saturated heterocycles. The van der Waals surface area contributed by atoms with E-state index in [1.165, 1.54) is 0 Å². The van der Waals surface area contributed by atoms with Gasteiger partial charge in [-0.25, -0.2) is 4.52 Å². The number of aromatic nitrogens is 3. The van der Waals surface area contributed by atoms with Gasteiger partial charge < -0.3 is 14.0 Å². The van der Waals surface area contributed by atoms with Crippen LogP contribution < -0.4 is 9.47 Å². The van der Waals surface area contributed by atoms with Crippen molar-refractivity contribution < 1.29 is 14.3 Å². The number of imidazole rings is 1. The first-order valence-electron chi connectivity index (χ1n) is 10.2. The molecule has 0 aliphatic carbocycles. The van der Waals surface area contributed by atoms with E-state index in [1.807, 2.05) is 66.9 Å². The van der Waals surface area contributed by atoms with Crippen LogP contribution in [0.2, 0.25) is 0 Å². The highest BCUT2D eigenvalue weighted by Crippen LogP contribution is 2.29. The van der Waals surface area contributed by atoms with E-state index in [1.54, 1.807) is 19.3 Å². The molecule has 0 N–H and O–H groups in total. The fraction of sp³-hybridized carbons (Fsp3) is 0.200. The molecule has 0 fully saturated rings. The third-order valence-electron chi connectivity index (χ3n) is 5.17. The lowest BCUT2D eigenvalue weighted by Gasteiger charge is -2.09. The number of ether oxygens (including phenoxy) is 2. The molecule has 0 atom stereocenters. The Hall–Kier alpha value is -3.80. The Labute approximate surface area is 181 Å². The van der Waals surface area contributed by atoms with Gasteiger partial charge in [0.2, 0.25) is 0 Å². The van der Waals surface area contributed by atoms with Gasteiger partial charge >= 0.3 is 0 Å². The number of methoxy groups -OCH3 is 1. The van der Waals surface area contributed by atoms with Crippen LogP contribution in [0.3, 0.4) is 0 Å². The molecule has 31 heavy (non-hydrogen) atoms. The second-order valence-electron chi connectivity index (χ2n) is 7.12. The molecule has 4 rings (SSSR count). The van der Waals surface area contributed by atoms with Crippen LogP contribution in [0.1, 0.15) is 28.5 Å². The number of hydrogen-bond donors (Lipinski definition) is 0. The molecule has 2 heterocycles. The van der Waals surface area contributed by atoms with E-state index < -0.39 is 0 Å². The molecular weight excluding hydrogens is 390 g/mol. The predicted octanol–water partition coefficient (Wildman–Crippen LogP) is 5.09. The zero-order valence-corrected chi connectivity index (χ0v) is 18.0. The molecule has 6 heteroatoms. The number of rotatable bonds is 8. The van der Waals surface area contributed by atoms with E-state index in [0.717, 1.165) is 22.2 Å². The van der Waals surface area contributed by atoms with Crippen LogP contribution in [0.15, 0.2) is 61.2 Å². The lowest BCUT2D eigenvalue weighted by atomic mass is 10.1. The minimum atomic E-state index is -0.102. The number of carbonyl (C=O) groups is 1. The van der Waals surface area contributed by atoms with Gasteiger partial charge in [-0.3, -0.25) is 4.79 Å². The van der Waals surface area contributed by atoms with E-state index in [9.17, 15) is 4.79 Å². The van der Waals surface area contributed by atoms with Crippen molar-refractivity contribution in [2.24, 2.45) is 0 Å². The fourth-order valence-corrected chi connectivity index (χ4v) is 3.84. The molecule has 158 valence electrons. The van der Waals surface area contributed by atoms with E-state index >= 15 is 0 Å². The minimum absolute atomic E-state index is 0.102. The van der Waals surface area contributed by atoms with Gasteiger partial charge in [0.25, 0.3) is 0 Å². The minimum Gasteiger partial charge on any atom is -0.493 e. The summed E-state index contributed by atoms with van der Waals surface area (Å²) in [5, 5.41) is 4.65. The summed E-state index contributed by atoms with van der Waals surface area (Å²) in [6, 6.07) is 13.6. The molecule has 0 bridgehead atoms. The number of nitrogens with zero attached hydrogens (tertiary/aromatic N) is 3. The van der Waals surface area contributed by atoms with E-state index in [2.05, 4.69) is 16.2 Å². The van der Waals surface area contributed by atoms with Gasteiger partial charge in [-0.2, -0.15) is 5.10 Å². The number of carbonyl (C=O) groups excluding carboxylic acids is 1. The average Bonchev–Trinajstić information content (AvgIpc) is 3.26. The number of allylic oxidation sites excluding steroid dienone is 2. The van der Waals surface area contributed by atoms with Gasteiger partial charge in [0.15, 0.2) is 17.3 Å². The summed E-state index contributed by atoms with van der Waals surface area (Å²) in [5.41, 5.74) is 4.88. The Morgan fingerprint density at radius 3 is 2.65 bits per heavy atom. The second-order valence-corrected chi connectivity index (χ2v) is 7.12. The molecule has 0 unspecified atom stereocenters. The van der Waals surface area contributed by atoms with Gasteiger partial charge in [-0.05, 0) is 49.8 Å². The highest BCUT2D eigenvalue weighted by molar-refractivity contribution is 6.12. The number of fused-ring (bicyclic) bond motifs is 3. The third kappa shape index (κ3) is 3.61. The molecule has 4 aromatic rings. The second kappa shape index (κ2) is 8.52. The van der Waals surface area contributed by atoms with Crippen molar-refractivity contribution in [3.8, 4) is 11.5 Å². The van der Waals surface area contributed by atoms with Gasteiger partial charge in [0.05, 0.1) is 36.0 Å². The van der Waals surface area contributed by atoms with Crippen molar-refractivity contribution in [2.75, 3.05) is 13.7 Å². The molecular formula is C25H25N3O3. The van der Waals surface area contributed by atoms with Crippen molar-refractivity contribution >= 4 is 28.5 Å². The quantitative estimate of drug-likeness (QED) is 0.229. The predicted molar refractivity (Wildman–Crippen MR) is 123 cm³/mol. The summed E-state index contributed by atoms with van der Waals surface area (Å²) in [6.45, 7) is 8.77. The Morgan fingerprint density at radius 2 is 1.94 bits per heavy atom. The molecule has 0 aliphatic rings. The summed E-state index contributed by atoms with van der Waals surface area (Å²) >= 11 is 0. The van der Waals surface area contributed by atoms with Crippen molar-refractivity contribution in [1.29, 1.82) is 0 Å². The SMILES string of the molecule is C=CCn1c2ccccc2n2nc(C)c(C(=O)/C=C/c3ccc(OC)c(OCC)c3)c12. The monoisotopic (exact) mass is 415 g/mol. The molecule has 2 aromatic heterocycles. The Morgan fingerprint density at radius 1 is 1.16 bits per heavy atom. The van der Waals surface area contributed by atoms with Crippen LogP contribution in [0.4, 0.5) is 0 Å². The molecule has 0 aliphatic heterocycles. The van der Waals surface area contributed by atoms with Crippen LogP contribution in [0.25, 0.3) is 22.8 Å². The van der Waals surface area contributed by atoms with Crippen molar-refractivity contribution in [2.45, 2.75) is 20.4 Å². The summed E-state index contributed by atoms with van der Waals surface area (Å²) in [7, 11) is 1.60. The number of para-hydroxylation sites is 2. The van der Waals surface area contributed by atoms with E-state index in [0.29, 0.717) is 35.9 Å². The van der Waals surface area contributed by atoms with Crippen molar-refractivity contribution in [3.63, 3.8) is 0 Å². The highest BCUT2D eigenvalue weighted by atomic mass is 16.5. The third-order valence-corrected chi connectivity index (χ3v) is 5.17. The number of benzene rings is 2. The normalized spacial score (nSPS) is 11.5. The molecule has 0 saturated carbocycles. The maximum Gasteiger partial charge on any atom is 0.191 e. The molecule has 0 amide bonds. The first kappa shape index (κ1) is 20.5. The lowest BCUT2D eigenvalue weighted by Crippen LogP contribution is -2.02. The van der Waals surface area contributed by atoms with Crippen molar-refractivity contribution in [1.82, 2.24) is 14.2 Å². The Kier molecular flexibility index (Phi) is 5.62. The largest absolute Gasteiger partial charge is 0.493 e.